The number of rotatable bonds is 8. The van der Waals surface area contributed by atoms with E-state index >= 15 is 0 Å². The van der Waals surface area contributed by atoms with Gasteiger partial charge in [0.05, 0.1) is 12.8 Å². The normalized spacial score (nSPS) is 13.8. The summed E-state index contributed by atoms with van der Waals surface area (Å²) in [6.07, 6.45) is 3.08. The number of aliphatic hydroxyl groups is 1. The third-order valence-corrected chi connectivity index (χ3v) is 3.37. The zero-order valence-corrected chi connectivity index (χ0v) is 17.1. The van der Waals surface area contributed by atoms with Gasteiger partial charge in [-0.3, -0.25) is 0 Å². The van der Waals surface area contributed by atoms with Crippen molar-refractivity contribution in [1.29, 1.82) is 0 Å². The van der Waals surface area contributed by atoms with Crippen LogP contribution in [-0.2, 0) is 12.0 Å². The lowest BCUT2D eigenvalue weighted by Gasteiger charge is -2.19. The molecule has 0 fully saturated rings. The van der Waals surface area contributed by atoms with E-state index in [-0.39, 0.29) is 30.5 Å². The van der Waals surface area contributed by atoms with E-state index in [0.717, 1.165) is 13.0 Å². The van der Waals surface area contributed by atoms with Crippen molar-refractivity contribution >= 4 is 29.9 Å². The zero-order chi connectivity index (χ0) is 17.4. The molecule has 9 heteroatoms. The van der Waals surface area contributed by atoms with Crippen LogP contribution >= 0.6 is 24.0 Å². The van der Waals surface area contributed by atoms with E-state index in [4.69, 9.17) is 8.94 Å². The molecule has 0 aliphatic heterocycles. The fraction of sp³-hybridized carbons (Fsp3) is 0.562. The van der Waals surface area contributed by atoms with Crippen LogP contribution in [0.4, 0.5) is 0 Å². The highest BCUT2D eigenvalue weighted by Gasteiger charge is 2.26. The van der Waals surface area contributed by atoms with E-state index in [0.29, 0.717) is 36.4 Å². The maximum absolute atomic E-state index is 10.4. The highest BCUT2D eigenvalue weighted by molar-refractivity contribution is 14.0. The predicted octanol–water partition coefficient (Wildman–Crippen LogP) is 1.98. The molecule has 140 valence electrons. The number of nitrogens with one attached hydrogen (secondary N) is 2. The number of furan rings is 1. The van der Waals surface area contributed by atoms with Crippen molar-refractivity contribution in [2.24, 2.45) is 4.99 Å². The Labute approximate surface area is 164 Å². The van der Waals surface area contributed by atoms with Gasteiger partial charge in [-0.25, -0.2) is 4.99 Å². The molecule has 2 heterocycles. The van der Waals surface area contributed by atoms with Crippen LogP contribution in [0.1, 0.15) is 37.7 Å². The van der Waals surface area contributed by atoms with Crippen LogP contribution in [0.25, 0.3) is 0 Å². The minimum Gasteiger partial charge on any atom is -0.466 e. The Hall–Kier alpha value is -1.62. The fourth-order valence-electron chi connectivity index (χ4n) is 2.13. The topological polar surface area (TPSA) is 109 Å². The number of hydrogen-bond donors (Lipinski definition) is 3. The van der Waals surface area contributed by atoms with E-state index in [1.807, 2.05) is 6.92 Å². The van der Waals surface area contributed by atoms with Gasteiger partial charge in [0.25, 0.3) is 0 Å². The van der Waals surface area contributed by atoms with Crippen molar-refractivity contribution in [1.82, 2.24) is 20.8 Å². The molecule has 0 aromatic carbocycles. The first-order valence-corrected chi connectivity index (χ1v) is 8.09. The Morgan fingerprint density at radius 3 is 2.80 bits per heavy atom. The summed E-state index contributed by atoms with van der Waals surface area (Å²) in [5, 5.41) is 20.6. The van der Waals surface area contributed by atoms with Gasteiger partial charge in [-0.2, -0.15) is 4.98 Å². The fourth-order valence-corrected chi connectivity index (χ4v) is 2.13. The van der Waals surface area contributed by atoms with Crippen LogP contribution in [0, 0.1) is 6.92 Å². The molecule has 1 atom stereocenters. The molecule has 0 radical (unpaired) electrons. The number of aliphatic imine (C=N–C) groups is 1. The standard InChI is InChI=1S/C16H25N5O3.HI/c1-4-17-15(18-9-5-8-14-20-12(2)21-24-14)19-11-16(3,22)13-7-6-10-23-13;/h6-7,10,22H,4-5,8-9,11H2,1-3H3,(H2,17,18,19);1H. The second-order valence-corrected chi connectivity index (χ2v) is 5.71. The van der Waals surface area contributed by atoms with Gasteiger partial charge < -0.3 is 24.7 Å². The average Bonchev–Trinajstić information content (AvgIpc) is 3.21. The highest BCUT2D eigenvalue weighted by atomic mass is 127. The maximum atomic E-state index is 10.4. The Balaban J connectivity index is 0.00000312. The third kappa shape index (κ3) is 7.02. The molecule has 0 bridgehead atoms. The Kier molecular flexibility index (Phi) is 8.90. The minimum atomic E-state index is -1.15. The van der Waals surface area contributed by atoms with Gasteiger partial charge in [-0.05, 0) is 39.3 Å². The van der Waals surface area contributed by atoms with Crippen LogP contribution in [0.5, 0.6) is 0 Å². The second-order valence-electron chi connectivity index (χ2n) is 5.71. The van der Waals surface area contributed by atoms with Crippen molar-refractivity contribution in [3.8, 4) is 0 Å². The quantitative estimate of drug-likeness (QED) is 0.238. The molecule has 25 heavy (non-hydrogen) atoms. The van der Waals surface area contributed by atoms with Gasteiger partial charge in [-0.15, -0.1) is 24.0 Å². The number of halogens is 1. The first kappa shape index (κ1) is 21.4. The molecule has 2 aromatic heterocycles. The number of aromatic nitrogens is 2. The number of guanidine groups is 1. The SMILES string of the molecule is CCNC(=NCC(C)(O)c1ccco1)NCCCc1nc(C)no1.I. The Bertz CT molecular complexity index is 640. The maximum Gasteiger partial charge on any atom is 0.226 e. The van der Waals surface area contributed by atoms with Crippen molar-refractivity contribution < 1.29 is 14.0 Å². The molecule has 0 saturated heterocycles. The predicted molar refractivity (Wildman–Crippen MR) is 105 cm³/mol. The number of aryl methyl sites for hydroxylation is 2. The van der Waals surface area contributed by atoms with Crippen LogP contribution in [0.2, 0.25) is 0 Å². The summed E-state index contributed by atoms with van der Waals surface area (Å²) in [7, 11) is 0. The molecule has 0 aliphatic rings. The summed E-state index contributed by atoms with van der Waals surface area (Å²) >= 11 is 0. The van der Waals surface area contributed by atoms with Crippen LogP contribution < -0.4 is 10.6 Å². The molecular formula is C16H26IN5O3. The molecule has 2 aromatic rings. The highest BCUT2D eigenvalue weighted by Crippen LogP contribution is 2.20. The van der Waals surface area contributed by atoms with Crippen molar-refractivity contribution in [2.45, 2.75) is 39.2 Å². The Morgan fingerprint density at radius 1 is 1.40 bits per heavy atom. The molecule has 0 aliphatic carbocycles. The number of hydrogen-bond acceptors (Lipinski definition) is 6. The second kappa shape index (κ2) is 10.4. The van der Waals surface area contributed by atoms with Crippen LogP contribution in [-0.4, -0.2) is 40.8 Å². The minimum absolute atomic E-state index is 0. The van der Waals surface area contributed by atoms with E-state index in [2.05, 4.69) is 25.8 Å². The van der Waals surface area contributed by atoms with E-state index in [1.54, 1.807) is 26.0 Å². The zero-order valence-electron chi connectivity index (χ0n) is 14.8. The molecule has 0 amide bonds. The molecule has 0 saturated carbocycles. The van der Waals surface area contributed by atoms with Gasteiger partial charge in [0.2, 0.25) is 5.89 Å². The van der Waals surface area contributed by atoms with Gasteiger partial charge in [0, 0.05) is 19.5 Å². The molecule has 0 spiro atoms. The molecular weight excluding hydrogens is 437 g/mol. The summed E-state index contributed by atoms with van der Waals surface area (Å²) in [6, 6.07) is 3.48. The third-order valence-electron chi connectivity index (χ3n) is 3.37. The van der Waals surface area contributed by atoms with E-state index in [9.17, 15) is 5.11 Å². The molecule has 1 unspecified atom stereocenters. The lowest BCUT2D eigenvalue weighted by molar-refractivity contribution is 0.0437. The molecule has 3 N–H and O–H groups in total. The molecule has 2 rings (SSSR count). The summed E-state index contributed by atoms with van der Waals surface area (Å²) < 4.78 is 10.3. The van der Waals surface area contributed by atoms with Crippen molar-refractivity contribution in [3.63, 3.8) is 0 Å². The largest absolute Gasteiger partial charge is 0.466 e. The van der Waals surface area contributed by atoms with Crippen LogP contribution in [0.15, 0.2) is 32.3 Å². The lowest BCUT2D eigenvalue weighted by atomic mass is 10.0. The van der Waals surface area contributed by atoms with Gasteiger partial charge >= 0.3 is 0 Å². The van der Waals surface area contributed by atoms with Gasteiger partial charge in [-0.1, -0.05) is 5.16 Å². The van der Waals surface area contributed by atoms with Crippen LogP contribution in [0.3, 0.4) is 0 Å². The molecule has 8 nitrogen and oxygen atoms in total. The van der Waals surface area contributed by atoms with Crippen molar-refractivity contribution in [2.75, 3.05) is 19.6 Å². The van der Waals surface area contributed by atoms with Crippen molar-refractivity contribution in [3.05, 3.63) is 35.9 Å². The van der Waals surface area contributed by atoms with Gasteiger partial charge in [0.15, 0.2) is 11.8 Å². The number of nitrogens with zero attached hydrogens (tertiary/aromatic N) is 3. The summed E-state index contributed by atoms with van der Waals surface area (Å²) in [6.45, 7) is 7.10. The summed E-state index contributed by atoms with van der Waals surface area (Å²) in [5.74, 6) is 2.42. The monoisotopic (exact) mass is 463 g/mol. The first-order valence-electron chi connectivity index (χ1n) is 8.09. The first-order chi connectivity index (χ1) is 11.5. The Morgan fingerprint density at radius 2 is 2.20 bits per heavy atom. The average molecular weight is 463 g/mol. The lowest BCUT2D eigenvalue weighted by Crippen LogP contribution is -2.39. The van der Waals surface area contributed by atoms with Gasteiger partial charge in [0.1, 0.15) is 11.4 Å². The van der Waals surface area contributed by atoms with E-state index in [1.165, 1.54) is 6.26 Å². The summed E-state index contributed by atoms with van der Waals surface area (Å²) in [5.41, 5.74) is -1.15. The summed E-state index contributed by atoms with van der Waals surface area (Å²) in [4.78, 5) is 8.59. The van der Waals surface area contributed by atoms with E-state index < -0.39 is 5.60 Å². The smallest absolute Gasteiger partial charge is 0.226 e.